The van der Waals surface area contributed by atoms with Crippen LogP contribution in [0, 0.1) is 0 Å². The van der Waals surface area contributed by atoms with Crippen molar-refractivity contribution in [1.82, 2.24) is 0 Å². The van der Waals surface area contributed by atoms with Gasteiger partial charge in [0, 0.05) is 12.2 Å². The second-order valence-corrected chi connectivity index (χ2v) is 4.89. The Morgan fingerprint density at radius 3 is 2.10 bits per heavy atom. The molecule has 2 fully saturated rings. The van der Waals surface area contributed by atoms with Gasteiger partial charge in [0.25, 0.3) is 0 Å². The molecule has 0 radical (unpaired) electrons. The molecule has 0 aromatic carbocycles. The molecule has 116 valence electrons. The van der Waals surface area contributed by atoms with E-state index < -0.39 is 5.97 Å². The Labute approximate surface area is 119 Å². The number of carbonyl (C=O) groups is 1. The molecule has 0 aromatic heterocycles. The number of rotatable bonds is 10. The van der Waals surface area contributed by atoms with Gasteiger partial charge in [-0.05, 0) is 19.3 Å². The molecule has 2 aliphatic heterocycles. The lowest BCUT2D eigenvalue weighted by Gasteiger charge is -1.98. The summed E-state index contributed by atoms with van der Waals surface area (Å²) < 4.78 is 15.1. The van der Waals surface area contributed by atoms with Crippen LogP contribution >= 0.6 is 0 Å². The normalized spacial score (nSPS) is 22.6. The van der Waals surface area contributed by atoms with Crippen LogP contribution in [0.5, 0.6) is 0 Å². The van der Waals surface area contributed by atoms with Crippen molar-refractivity contribution in [2.75, 3.05) is 33.0 Å². The van der Waals surface area contributed by atoms with Crippen LogP contribution in [0.4, 0.5) is 0 Å². The Bertz CT molecular complexity index is 284. The first-order valence-corrected chi connectivity index (χ1v) is 6.96. The number of unbranched alkanes of at least 4 members (excludes halogenated alkanes) is 2. The molecule has 6 nitrogen and oxygen atoms in total. The maximum absolute atomic E-state index is 10.2. The zero-order valence-electron chi connectivity index (χ0n) is 11.8. The molecular formula is C14H24O6. The smallest absolute Gasteiger partial charge is 0.330 e. The van der Waals surface area contributed by atoms with Crippen molar-refractivity contribution in [2.24, 2.45) is 0 Å². The van der Waals surface area contributed by atoms with Crippen LogP contribution in [0.3, 0.4) is 0 Å². The van der Waals surface area contributed by atoms with Gasteiger partial charge in [-0.3, -0.25) is 0 Å². The summed E-state index contributed by atoms with van der Waals surface area (Å²) in [6.07, 6.45) is 3.71. The molecule has 2 heterocycles. The van der Waals surface area contributed by atoms with Crippen LogP contribution in [0.15, 0.2) is 12.2 Å². The average molecular weight is 288 g/mol. The Hall–Kier alpha value is -0.950. The summed E-state index contributed by atoms with van der Waals surface area (Å²) in [4.78, 5) is 10.2. The van der Waals surface area contributed by atoms with E-state index in [1.165, 1.54) is 0 Å². The SMILES string of the molecule is C(OCC1CO1)C1CO1.C=C(CCCCCO)C(=O)O. The number of hydrogen-bond donors (Lipinski definition) is 2. The molecule has 2 N–H and O–H groups in total. The van der Waals surface area contributed by atoms with E-state index in [2.05, 4.69) is 6.58 Å². The predicted molar refractivity (Wildman–Crippen MR) is 72.6 cm³/mol. The van der Waals surface area contributed by atoms with Gasteiger partial charge in [0.1, 0.15) is 12.2 Å². The highest BCUT2D eigenvalue weighted by Gasteiger charge is 2.26. The lowest BCUT2D eigenvalue weighted by molar-refractivity contribution is -0.132. The molecule has 2 aliphatic rings. The molecule has 0 spiro atoms. The minimum Gasteiger partial charge on any atom is -0.478 e. The Kier molecular flexibility index (Phi) is 8.45. The minimum atomic E-state index is -0.922. The van der Waals surface area contributed by atoms with Crippen LogP contribution in [-0.2, 0) is 19.0 Å². The van der Waals surface area contributed by atoms with Crippen molar-refractivity contribution >= 4 is 5.97 Å². The molecule has 0 saturated carbocycles. The molecule has 0 amide bonds. The topological polar surface area (TPSA) is 91.8 Å². The Morgan fingerprint density at radius 2 is 1.70 bits per heavy atom. The number of aliphatic hydroxyl groups excluding tert-OH is 1. The van der Waals surface area contributed by atoms with Crippen molar-refractivity contribution in [3.8, 4) is 0 Å². The second kappa shape index (κ2) is 9.88. The third-order valence-corrected chi connectivity index (χ3v) is 2.85. The highest BCUT2D eigenvalue weighted by atomic mass is 16.6. The van der Waals surface area contributed by atoms with E-state index in [1.54, 1.807) is 0 Å². The number of epoxide rings is 2. The highest BCUT2D eigenvalue weighted by molar-refractivity contribution is 5.85. The van der Waals surface area contributed by atoms with Crippen molar-refractivity contribution < 1.29 is 29.2 Å². The van der Waals surface area contributed by atoms with Crippen LogP contribution in [0.2, 0.25) is 0 Å². The third-order valence-electron chi connectivity index (χ3n) is 2.85. The van der Waals surface area contributed by atoms with E-state index in [0.29, 0.717) is 18.6 Å². The van der Waals surface area contributed by atoms with E-state index >= 15 is 0 Å². The number of aliphatic hydroxyl groups is 1. The molecular weight excluding hydrogens is 264 g/mol. The summed E-state index contributed by atoms with van der Waals surface area (Å²) in [6, 6.07) is 0. The summed E-state index contributed by atoms with van der Waals surface area (Å²) in [5, 5.41) is 16.8. The molecule has 0 bridgehead atoms. The molecule has 6 heteroatoms. The zero-order valence-corrected chi connectivity index (χ0v) is 11.8. The molecule has 2 saturated heterocycles. The molecule has 0 aliphatic carbocycles. The monoisotopic (exact) mass is 288 g/mol. The second-order valence-electron chi connectivity index (χ2n) is 4.89. The summed E-state index contributed by atoms with van der Waals surface area (Å²) in [5.74, 6) is -0.922. The number of hydrogen-bond acceptors (Lipinski definition) is 5. The van der Waals surface area contributed by atoms with Gasteiger partial charge in [0.2, 0.25) is 0 Å². The van der Waals surface area contributed by atoms with Crippen molar-refractivity contribution in [3.63, 3.8) is 0 Å². The molecule has 20 heavy (non-hydrogen) atoms. The first-order valence-electron chi connectivity index (χ1n) is 6.96. The summed E-state index contributed by atoms with van der Waals surface area (Å²) in [5.41, 5.74) is 0.253. The fourth-order valence-corrected chi connectivity index (χ4v) is 1.39. The fourth-order valence-electron chi connectivity index (χ4n) is 1.39. The van der Waals surface area contributed by atoms with Crippen molar-refractivity contribution in [2.45, 2.75) is 37.9 Å². The largest absolute Gasteiger partial charge is 0.478 e. The van der Waals surface area contributed by atoms with Gasteiger partial charge in [0.05, 0.1) is 26.4 Å². The summed E-state index contributed by atoms with van der Waals surface area (Å²) in [6.45, 7) is 6.83. The van der Waals surface area contributed by atoms with Crippen LogP contribution < -0.4 is 0 Å². The van der Waals surface area contributed by atoms with Gasteiger partial charge in [-0.2, -0.15) is 0 Å². The zero-order chi connectivity index (χ0) is 14.8. The predicted octanol–water partition coefficient (Wildman–Crippen LogP) is 0.980. The van der Waals surface area contributed by atoms with Crippen molar-refractivity contribution in [1.29, 1.82) is 0 Å². The first-order chi connectivity index (χ1) is 9.63. The van der Waals surface area contributed by atoms with Gasteiger partial charge >= 0.3 is 5.97 Å². The first kappa shape index (κ1) is 17.1. The van der Waals surface area contributed by atoms with Gasteiger partial charge in [-0.25, -0.2) is 4.79 Å². The van der Waals surface area contributed by atoms with E-state index in [1.807, 2.05) is 0 Å². The quantitative estimate of drug-likeness (QED) is 0.354. The molecule has 0 aromatic rings. The van der Waals surface area contributed by atoms with E-state index in [0.717, 1.165) is 45.7 Å². The Balaban J connectivity index is 0.000000202. The molecule has 2 atom stereocenters. The van der Waals surface area contributed by atoms with Crippen LogP contribution in [-0.4, -0.2) is 61.4 Å². The van der Waals surface area contributed by atoms with E-state index in [9.17, 15) is 4.79 Å². The van der Waals surface area contributed by atoms with Gasteiger partial charge in [-0.15, -0.1) is 0 Å². The minimum absolute atomic E-state index is 0.180. The lowest BCUT2D eigenvalue weighted by atomic mass is 10.1. The average Bonchev–Trinajstić information content (AvgIpc) is 3.29. The Morgan fingerprint density at radius 1 is 1.15 bits per heavy atom. The standard InChI is InChI=1S/C8H14O3.C6H10O3/c1-7(8(10)11)5-3-2-4-6-9;1(5-3-8-5)7-2-6-4-9-6/h9H,1-6H2,(H,10,11);5-6H,1-4H2. The number of carboxylic acid groups (broad SMARTS) is 1. The van der Waals surface area contributed by atoms with Crippen molar-refractivity contribution in [3.05, 3.63) is 12.2 Å². The molecule has 2 unspecified atom stereocenters. The summed E-state index contributed by atoms with van der Waals surface area (Å²) in [7, 11) is 0. The molecule has 2 rings (SSSR count). The number of carboxylic acids is 1. The van der Waals surface area contributed by atoms with Gasteiger partial charge in [-0.1, -0.05) is 13.0 Å². The van der Waals surface area contributed by atoms with Gasteiger partial charge in [0.15, 0.2) is 0 Å². The highest BCUT2D eigenvalue weighted by Crippen LogP contribution is 2.12. The maximum Gasteiger partial charge on any atom is 0.330 e. The number of aliphatic carboxylic acids is 1. The van der Waals surface area contributed by atoms with E-state index in [-0.39, 0.29) is 12.2 Å². The number of ether oxygens (including phenoxy) is 3. The van der Waals surface area contributed by atoms with Crippen LogP contribution in [0.1, 0.15) is 25.7 Å². The van der Waals surface area contributed by atoms with Crippen LogP contribution in [0.25, 0.3) is 0 Å². The third kappa shape index (κ3) is 9.91. The maximum atomic E-state index is 10.2. The van der Waals surface area contributed by atoms with E-state index in [4.69, 9.17) is 24.4 Å². The fraction of sp³-hybridized carbons (Fsp3) is 0.786. The lowest BCUT2D eigenvalue weighted by Crippen LogP contribution is -2.06. The summed E-state index contributed by atoms with van der Waals surface area (Å²) >= 11 is 0. The van der Waals surface area contributed by atoms with Gasteiger partial charge < -0.3 is 24.4 Å².